The maximum Gasteiger partial charge on any atom is 0.229 e. The molecule has 23 heavy (non-hydrogen) atoms. The predicted octanol–water partition coefficient (Wildman–Crippen LogP) is 0.0143. The van der Waals surface area contributed by atoms with E-state index in [1.807, 2.05) is 20.0 Å². The molecule has 0 radical (unpaired) electrons. The Labute approximate surface area is 135 Å². The lowest BCUT2D eigenvalue weighted by Crippen LogP contribution is -2.46. The molecular weight excluding hydrogens is 296 g/mol. The molecule has 0 unspecified atom stereocenters. The van der Waals surface area contributed by atoms with Gasteiger partial charge in [0.05, 0.1) is 12.2 Å². The summed E-state index contributed by atoms with van der Waals surface area (Å²) in [5.41, 5.74) is 1.00. The van der Waals surface area contributed by atoms with Crippen LogP contribution in [-0.2, 0) is 23.2 Å². The molecule has 0 bridgehead atoms. The van der Waals surface area contributed by atoms with Gasteiger partial charge in [-0.15, -0.1) is 0 Å². The molecule has 2 rings (SSSR count). The van der Waals surface area contributed by atoms with Crippen molar-refractivity contribution in [1.82, 2.24) is 25.3 Å². The molecule has 1 saturated heterocycles. The number of imide groups is 1. The van der Waals surface area contributed by atoms with Crippen molar-refractivity contribution < 1.29 is 9.59 Å². The van der Waals surface area contributed by atoms with Gasteiger partial charge in [0, 0.05) is 45.7 Å². The molecule has 8 nitrogen and oxygen atoms in total. The fraction of sp³-hybridized carbons (Fsp3) is 0.600. The van der Waals surface area contributed by atoms with Crippen molar-refractivity contribution in [2.75, 3.05) is 19.6 Å². The van der Waals surface area contributed by atoms with E-state index in [2.05, 4.69) is 20.7 Å². The van der Waals surface area contributed by atoms with E-state index < -0.39 is 0 Å². The Morgan fingerprint density at radius 2 is 2.04 bits per heavy atom. The Balaban J connectivity index is 1.85. The highest BCUT2D eigenvalue weighted by Crippen LogP contribution is 2.11. The van der Waals surface area contributed by atoms with Gasteiger partial charge in [0.2, 0.25) is 11.8 Å². The second-order valence-corrected chi connectivity index (χ2v) is 5.36. The summed E-state index contributed by atoms with van der Waals surface area (Å²) in [5, 5.41) is 10.4. The number of nitrogens with zero attached hydrogens (tertiary/aromatic N) is 4. The highest BCUT2D eigenvalue weighted by molar-refractivity contribution is 5.97. The summed E-state index contributed by atoms with van der Waals surface area (Å²) < 4.78 is 1.78. The quantitative estimate of drug-likeness (QED) is 0.438. The molecule has 0 aromatic carbocycles. The fourth-order valence-corrected chi connectivity index (χ4v) is 2.39. The summed E-state index contributed by atoms with van der Waals surface area (Å²) in [6.45, 7) is 4.08. The minimum absolute atomic E-state index is 0.0834. The zero-order chi connectivity index (χ0) is 16.7. The summed E-state index contributed by atoms with van der Waals surface area (Å²) in [7, 11) is 1.87. The van der Waals surface area contributed by atoms with Gasteiger partial charge in [0.15, 0.2) is 5.96 Å². The number of aryl methyl sites for hydroxylation is 1. The van der Waals surface area contributed by atoms with Gasteiger partial charge in [-0.25, -0.2) is 4.99 Å². The molecule has 2 N–H and O–H groups in total. The smallest absolute Gasteiger partial charge is 0.229 e. The maximum absolute atomic E-state index is 11.7. The topological polar surface area (TPSA) is 91.6 Å². The first-order chi connectivity index (χ1) is 11.1. The van der Waals surface area contributed by atoms with E-state index >= 15 is 0 Å². The fourth-order valence-electron chi connectivity index (χ4n) is 2.39. The van der Waals surface area contributed by atoms with Crippen LogP contribution >= 0.6 is 0 Å². The molecule has 0 spiro atoms. The zero-order valence-electron chi connectivity index (χ0n) is 13.7. The average molecular weight is 320 g/mol. The van der Waals surface area contributed by atoms with Crippen LogP contribution in [-0.4, -0.2) is 52.1 Å². The molecule has 0 saturated carbocycles. The number of likely N-dealkylation sites (tertiary alicyclic amines) is 1. The van der Waals surface area contributed by atoms with Crippen LogP contribution in [0.1, 0.15) is 31.9 Å². The molecule has 2 amide bonds. The summed E-state index contributed by atoms with van der Waals surface area (Å²) in [5.74, 6) is 0.491. The highest BCUT2D eigenvalue weighted by Gasteiger charge is 2.25. The third-order valence-electron chi connectivity index (χ3n) is 3.68. The third kappa shape index (κ3) is 4.80. The Morgan fingerprint density at radius 1 is 1.30 bits per heavy atom. The van der Waals surface area contributed by atoms with Gasteiger partial charge in [0.25, 0.3) is 0 Å². The van der Waals surface area contributed by atoms with Crippen LogP contribution in [0.2, 0.25) is 0 Å². The van der Waals surface area contributed by atoms with Crippen LogP contribution in [0.25, 0.3) is 0 Å². The van der Waals surface area contributed by atoms with E-state index in [9.17, 15) is 9.59 Å². The Kier molecular flexibility index (Phi) is 6.13. The van der Waals surface area contributed by atoms with Gasteiger partial charge in [-0.05, 0) is 19.4 Å². The van der Waals surface area contributed by atoms with E-state index in [0.717, 1.165) is 12.2 Å². The molecule has 1 aromatic heterocycles. The number of aromatic nitrogens is 2. The van der Waals surface area contributed by atoms with Gasteiger partial charge < -0.3 is 10.6 Å². The Bertz CT molecular complexity index is 564. The second-order valence-electron chi connectivity index (χ2n) is 5.36. The number of guanidine groups is 1. The van der Waals surface area contributed by atoms with Crippen molar-refractivity contribution in [3.8, 4) is 0 Å². The number of hydrogen-bond acceptors (Lipinski definition) is 4. The number of amides is 2. The first-order valence-electron chi connectivity index (χ1n) is 7.94. The number of carbonyl (C=O) groups is 2. The molecule has 8 heteroatoms. The van der Waals surface area contributed by atoms with Crippen LogP contribution in [0.15, 0.2) is 17.3 Å². The SMILES string of the molecule is CCNC(=NCc1ccnn1C)NCCN1C(=O)CCCC1=O. The highest BCUT2D eigenvalue weighted by atomic mass is 16.2. The summed E-state index contributed by atoms with van der Waals surface area (Å²) in [6.07, 6.45) is 3.32. The number of aliphatic imine (C=N–C) groups is 1. The van der Waals surface area contributed by atoms with Crippen molar-refractivity contribution in [3.05, 3.63) is 18.0 Å². The second kappa shape index (κ2) is 8.30. The monoisotopic (exact) mass is 320 g/mol. The Morgan fingerprint density at radius 3 is 2.65 bits per heavy atom. The standard InChI is InChI=1S/C15H24N6O2/c1-3-16-15(18-11-12-7-8-19-20(12)2)17-9-10-21-13(22)5-4-6-14(21)23/h7-8H,3-6,9-11H2,1-2H3,(H2,16,17,18). The third-order valence-corrected chi connectivity index (χ3v) is 3.68. The first-order valence-corrected chi connectivity index (χ1v) is 7.94. The largest absolute Gasteiger partial charge is 0.357 e. The minimum Gasteiger partial charge on any atom is -0.357 e. The van der Waals surface area contributed by atoms with Crippen LogP contribution in [0.5, 0.6) is 0 Å². The van der Waals surface area contributed by atoms with Gasteiger partial charge in [-0.2, -0.15) is 5.10 Å². The summed E-state index contributed by atoms with van der Waals surface area (Å²) >= 11 is 0. The van der Waals surface area contributed by atoms with Gasteiger partial charge in [-0.3, -0.25) is 19.2 Å². The number of piperidine rings is 1. The first kappa shape index (κ1) is 17.0. The number of nitrogens with one attached hydrogen (secondary N) is 2. The van der Waals surface area contributed by atoms with Gasteiger partial charge >= 0.3 is 0 Å². The zero-order valence-corrected chi connectivity index (χ0v) is 13.7. The van der Waals surface area contributed by atoms with Crippen molar-refractivity contribution in [3.63, 3.8) is 0 Å². The lowest BCUT2D eigenvalue weighted by Gasteiger charge is -2.25. The van der Waals surface area contributed by atoms with Crippen LogP contribution < -0.4 is 10.6 Å². The molecule has 1 aliphatic rings. The minimum atomic E-state index is -0.0834. The lowest BCUT2D eigenvalue weighted by atomic mass is 10.1. The van der Waals surface area contributed by atoms with Gasteiger partial charge in [0.1, 0.15) is 0 Å². The van der Waals surface area contributed by atoms with Crippen LogP contribution in [0.3, 0.4) is 0 Å². The van der Waals surface area contributed by atoms with Crippen molar-refractivity contribution in [2.45, 2.75) is 32.7 Å². The molecule has 0 aliphatic carbocycles. The van der Waals surface area contributed by atoms with Gasteiger partial charge in [-0.1, -0.05) is 0 Å². The van der Waals surface area contributed by atoms with E-state index in [-0.39, 0.29) is 11.8 Å². The van der Waals surface area contributed by atoms with E-state index in [4.69, 9.17) is 0 Å². The van der Waals surface area contributed by atoms with Crippen molar-refractivity contribution in [2.24, 2.45) is 12.0 Å². The molecule has 1 fully saturated rings. The normalized spacial score (nSPS) is 15.9. The van der Waals surface area contributed by atoms with E-state index in [0.29, 0.717) is 44.9 Å². The molecule has 2 heterocycles. The number of rotatable bonds is 6. The number of carbonyl (C=O) groups excluding carboxylic acids is 2. The predicted molar refractivity (Wildman–Crippen MR) is 86.6 cm³/mol. The van der Waals surface area contributed by atoms with E-state index in [1.165, 1.54) is 4.90 Å². The van der Waals surface area contributed by atoms with Crippen molar-refractivity contribution in [1.29, 1.82) is 0 Å². The molecule has 1 aliphatic heterocycles. The van der Waals surface area contributed by atoms with E-state index in [1.54, 1.807) is 10.9 Å². The van der Waals surface area contributed by atoms with Crippen LogP contribution in [0, 0.1) is 0 Å². The molecule has 1 aromatic rings. The summed E-state index contributed by atoms with van der Waals surface area (Å²) in [4.78, 5) is 29.3. The maximum atomic E-state index is 11.7. The lowest BCUT2D eigenvalue weighted by molar-refractivity contribution is -0.147. The van der Waals surface area contributed by atoms with Crippen LogP contribution in [0.4, 0.5) is 0 Å². The molecular formula is C15H24N6O2. The average Bonchev–Trinajstić information content (AvgIpc) is 2.93. The number of hydrogen-bond donors (Lipinski definition) is 2. The molecule has 126 valence electrons. The molecule has 0 atom stereocenters. The van der Waals surface area contributed by atoms with Crippen molar-refractivity contribution >= 4 is 17.8 Å². The summed E-state index contributed by atoms with van der Waals surface area (Å²) in [6, 6.07) is 1.91. The Hall–Kier alpha value is -2.38.